The molecular formula is C17H19BrN4O5S. The van der Waals surface area contributed by atoms with E-state index >= 15 is 0 Å². The van der Waals surface area contributed by atoms with Crippen molar-refractivity contribution >= 4 is 55.7 Å². The van der Waals surface area contributed by atoms with Crippen LogP contribution in [0.2, 0.25) is 0 Å². The smallest absolute Gasteiger partial charge is 0.380 e. The number of amidine groups is 1. The molecule has 0 fully saturated rings. The number of thiophene rings is 1. The van der Waals surface area contributed by atoms with E-state index < -0.39 is 11.0 Å². The van der Waals surface area contributed by atoms with Gasteiger partial charge < -0.3 is 5.73 Å². The zero-order chi connectivity index (χ0) is 21.3. The van der Waals surface area contributed by atoms with Crippen molar-refractivity contribution < 1.29 is 19.3 Å². The summed E-state index contributed by atoms with van der Waals surface area (Å²) in [6.45, 7) is 5.75. The largest absolute Gasteiger partial charge is 0.437 e. The van der Waals surface area contributed by atoms with Gasteiger partial charge in [-0.3, -0.25) is 25.1 Å². The van der Waals surface area contributed by atoms with Gasteiger partial charge in [0.1, 0.15) is 0 Å². The molecule has 9 nitrogen and oxygen atoms in total. The fourth-order valence-electron chi connectivity index (χ4n) is 1.85. The highest BCUT2D eigenvalue weighted by atomic mass is 79.9. The average Bonchev–Trinajstić information content (AvgIpc) is 3.18. The first kappa shape index (κ1) is 23.2. The van der Waals surface area contributed by atoms with Crippen LogP contribution in [0.4, 0.5) is 15.5 Å². The summed E-state index contributed by atoms with van der Waals surface area (Å²) < 4.78 is 0.538. The number of halogens is 1. The molecule has 0 atom stereocenters. The van der Waals surface area contributed by atoms with Crippen molar-refractivity contribution in [3.05, 3.63) is 55.4 Å². The van der Waals surface area contributed by atoms with E-state index in [9.17, 15) is 19.7 Å². The lowest BCUT2D eigenvalue weighted by Crippen LogP contribution is -2.17. The molecule has 1 heterocycles. The third-order valence-electron chi connectivity index (χ3n) is 3.13. The topological polar surface area (TPSA) is 137 Å². The maximum absolute atomic E-state index is 11.8. The van der Waals surface area contributed by atoms with Crippen LogP contribution < -0.4 is 11.1 Å². The Bertz CT molecular complexity index is 897. The molecule has 1 aromatic carbocycles. The van der Waals surface area contributed by atoms with Crippen molar-refractivity contribution in [1.29, 1.82) is 0 Å². The van der Waals surface area contributed by atoms with Gasteiger partial charge >= 0.3 is 11.1 Å². The van der Waals surface area contributed by atoms with Gasteiger partial charge in [0.25, 0.3) is 0 Å². The lowest BCUT2D eigenvalue weighted by Gasteiger charge is -2.06. The van der Waals surface area contributed by atoms with E-state index in [-0.39, 0.29) is 22.2 Å². The third-order valence-corrected chi connectivity index (χ3v) is 4.66. The van der Waals surface area contributed by atoms with Gasteiger partial charge in [0.2, 0.25) is 0 Å². The van der Waals surface area contributed by atoms with E-state index in [0.29, 0.717) is 22.1 Å². The highest BCUT2D eigenvalue weighted by Gasteiger charge is 2.13. The number of oxime groups is 1. The van der Waals surface area contributed by atoms with E-state index in [1.165, 1.54) is 11.4 Å². The highest BCUT2D eigenvalue weighted by Crippen LogP contribution is 2.24. The average molecular weight is 471 g/mol. The molecule has 150 valence electrons. The predicted molar refractivity (Wildman–Crippen MR) is 112 cm³/mol. The van der Waals surface area contributed by atoms with Gasteiger partial charge in [0.15, 0.2) is 11.6 Å². The number of nitrogens with one attached hydrogen (secondary N) is 1. The Balaban J connectivity index is 0.00000190. The Morgan fingerprint density at radius 3 is 2.57 bits per heavy atom. The van der Waals surface area contributed by atoms with Crippen molar-refractivity contribution in [2.75, 3.05) is 5.32 Å². The molecule has 0 aliphatic carbocycles. The molecule has 3 N–H and O–H groups in total. The zero-order valence-electron chi connectivity index (χ0n) is 15.4. The molecule has 2 rings (SSSR count). The van der Waals surface area contributed by atoms with Crippen LogP contribution >= 0.6 is 27.3 Å². The SMILES string of the molecule is CC.CCC(=O)c1ccc(NC(=O)O/N=C(/N)c2csc([N+](=O)[O-])c2)cc1Br. The molecule has 1 aromatic heterocycles. The number of nitro groups is 1. The molecule has 28 heavy (non-hydrogen) atoms. The summed E-state index contributed by atoms with van der Waals surface area (Å²) in [4.78, 5) is 38.2. The van der Waals surface area contributed by atoms with Gasteiger partial charge in [-0.2, -0.15) is 0 Å². The summed E-state index contributed by atoms with van der Waals surface area (Å²) in [5, 5.41) is 17.8. The van der Waals surface area contributed by atoms with Gasteiger partial charge in [0.05, 0.1) is 4.92 Å². The Labute approximate surface area is 173 Å². The lowest BCUT2D eigenvalue weighted by molar-refractivity contribution is -0.380. The minimum atomic E-state index is -0.904. The number of hydrogen-bond donors (Lipinski definition) is 2. The van der Waals surface area contributed by atoms with Crippen LogP contribution in [0.1, 0.15) is 43.1 Å². The first-order chi connectivity index (χ1) is 13.3. The fraction of sp³-hybridized carbons (Fsp3) is 0.235. The summed E-state index contributed by atoms with van der Waals surface area (Å²) in [6, 6.07) is 5.91. The van der Waals surface area contributed by atoms with E-state index in [4.69, 9.17) is 5.73 Å². The monoisotopic (exact) mass is 470 g/mol. The molecule has 11 heteroatoms. The number of amides is 1. The number of ketones is 1. The lowest BCUT2D eigenvalue weighted by atomic mass is 10.1. The summed E-state index contributed by atoms with van der Waals surface area (Å²) in [6.07, 6.45) is -0.540. The van der Waals surface area contributed by atoms with E-state index in [1.54, 1.807) is 25.1 Å². The van der Waals surface area contributed by atoms with Crippen molar-refractivity contribution in [2.45, 2.75) is 27.2 Å². The maximum atomic E-state index is 11.8. The molecule has 0 radical (unpaired) electrons. The third kappa shape index (κ3) is 6.43. The van der Waals surface area contributed by atoms with Crippen LogP contribution in [-0.4, -0.2) is 22.6 Å². The van der Waals surface area contributed by atoms with Crippen molar-refractivity contribution in [3.63, 3.8) is 0 Å². The van der Waals surface area contributed by atoms with E-state index in [2.05, 4.69) is 31.2 Å². The molecule has 0 aliphatic rings. The number of benzene rings is 1. The quantitative estimate of drug-likeness (QED) is 0.153. The Kier molecular flexibility index (Phi) is 9.25. The van der Waals surface area contributed by atoms with Crippen LogP contribution in [0.5, 0.6) is 0 Å². The Morgan fingerprint density at radius 1 is 1.36 bits per heavy atom. The number of nitrogens with zero attached hydrogens (tertiary/aromatic N) is 2. The second kappa shape index (κ2) is 11.1. The van der Waals surface area contributed by atoms with Gasteiger partial charge in [-0.05, 0) is 34.1 Å². The maximum Gasteiger partial charge on any atom is 0.437 e. The van der Waals surface area contributed by atoms with E-state index in [1.807, 2.05) is 13.8 Å². The second-order valence-corrected chi connectivity index (χ2v) is 6.63. The molecule has 0 saturated carbocycles. The standard InChI is InChI=1S/C15H13BrN4O5S.C2H6/c1-2-12(21)10-4-3-9(6-11(10)16)18-15(22)25-19-14(17)8-5-13(20(23)24)26-7-8;1-2/h3-7H,2H2,1H3,(H2,17,19)(H,18,22);1-2H3. The highest BCUT2D eigenvalue weighted by molar-refractivity contribution is 9.10. The van der Waals surface area contributed by atoms with E-state index in [0.717, 1.165) is 11.3 Å². The Morgan fingerprint density at radius 2 is 2.04 bits per heavy atom. The minimum absolute atomic E-state index is 0.0340. The van der Waals surface area contributed by atoms with Crippen LogP contribution in [0.15, 0.2) is 39.3 Å². The normalized spacial score (nSPS) is 10.5. The summed E-state index contributed by atoms with van der Waals surface area (Å²) in [5.74, 6) is -0.206. The molecule has 0 bridgehead atoms. The van der Waals surface area contributed by atoms with Gasteiger partial charge in [-0.25, -0.2) is 4.79 Å². The molecule has 2 aromatic rings. The summed E-state index contributed by atoms with van der Waals surface area (Å²) in [5.41, 5.74) is 6.80. The zero-order valence-corrected chi connectivity index (χ0v) is 17.8. The number of anilines is 1. The van der Waals surface area contributed by atoms with Crippen LogP contribution in [0.3, 0.4) is 0 Å². The molecule has 0 aliphatic heterocycles. The predicted octanol–water partition coefficient (Wildman–Crippen LogP) is 4.91. The van der Waals surface area contributed by atoms with Crippen molar-refractivity contribution in [2.24, 2.45) is 10.9 Å². The number of rotatable bonds is 6. The molecule has 0 unspecified atom stereocenters. The van der Waals surface area contributed by atoms with Crippen LogP contribution in [0, 0.1) is 10.1 Å². The first-order valence-corrected chi connectivity index (χ1v) is 9.86. The van der Waals surface area contributed by atoms with Gasteiger partial charge in [-0.15, -0.1) is 0 Å². The number of carbonyl (C=O) groups is 2. The Hall–Kier alpha value is -2.79. The van der Waals surface area contributed by atoms with Gasteiger partial charge in [-0.1, -0.05) is 37.3 Å². The molecule has 0 saturated heterocycles. The van der Waals surface area contributed by atoms with Crippen molar-refractivity contribution in [3.8, 4) is 0 Å². The van der Waals surface area contributed by atoms with Crippen LogP contribution in [0.25, 0.3) is 0 Å². The summed E-state index contributed by atoms with van der Waals surface area (Å²) in [7, 11) is 0. The number of Topliss-reactive ketones (excluding diaryl/α,β-unsaturated/α-hetero) is 1. The number of nitrogens with two attached hydrogens (primary N) is 1. The van der Waals surface area contributed by atoms with Crippen molar-refractivity contribution in [1.82, 2.24) is 0 Å². The second-order valence-electron chi connectivity index (χ2n) is 4.88. The molecule has 0 spiro atoms. The number of carbonyl (C=O) groups excluding carboxylic acids is 2. The van der Waals surface area contributed by atoms with Gasteiger partial charge in [0, 0.05) is 39.2 Å². The molecule has 1 amide bonds. The first-order valence-electron chi connectivity index (χ1n) is 8.19. The molecular weight excluding hydrogens is 452 g/mol. The van der Waals surface area contributed by atoms with Crippen LogP contribution in [-0.2, 0) is 4.84 Å². The number of hydrogen-bond acceptors (Lipinski definition) is 7. The minimum Gasteiger partial charge on any atom is -0.380 e. The fourth-order valence-corrected chi connectivity index (χ4v) is 3.17. The summed E-state index contributed by atoms with van der Waals surface area (Å²) >= 11 is 4.15.